The summed E-state index contributed by atoms with van der Waals surface area (Å²) in [6.07, 6.45) is 9.41. The van der Waals surface area contributed by atoms with Gasteiger partial charge in [-0.05, 0) is 25.0 Å². The molecule has 0 aromatic carbocycles. The van der Waals surface area contributed by atoms with Crippen LogP contribution in [-0.4, -0.2) is 10.2 Å². The van der Waals surface area contributed by atoms with Crippen LogP contribution in [0.15, 0.2) is 18.3 Å². The summed E-state index contributed by atoms with van der Waals surface area (Å²) >= 11 is 0. The quantitative estimate of drug-likeness (QED) is 0.626. The fourth-order valence-electron chi connectivity index (χ4n) is 1.38. The van der Waals surface area contributed by atoms with Crippen molar-refractivity contribution < 1.29 is 0 Å². The highest BCUT2D eigenvalue weighted by Gasteiger charge is 1.93. The van der Waals surface area contributed by atoms with Gasteiger partial charge >= 0.3 is 0 Å². The van der Waals surface area contributed by atoms with E-state index in [1.807, 2.05) is 12.1 Å². The summed E-state index contributed by atoms with van der Waals surface area (Å²) in [4.78, 5) is 0. The molecule has 1 heterocycles. The van der Waals surface area contributed by atoms with Gasteiger partial charge in [-0.15, -0.1) is 0 Å². The molecule has 0 radical (unpaired) electrons. The van der Waals surface area contributed by atoms with Crippen LogP contribution in [0.4, 0.5) is 0 Å². The standard InChI is InChI=1S/C11H18N2/c1-2-3-4-5-6-8-11-9-7-10-12-13-11/h7,9-10H,2-6,8H2,1H3. The molecule has 0 spiro atoms. The summed E-state index contributed by atoms with van der Waals surface area (Å²) in [6.45, 7) is 2.24. The molecule has 2 nitrogen and oxygen atoms in total. The fourth-order valence-corrected chi connectivity index (χ4v) is 1.38. The third-order valence-electron chi connectivity index (χ3n) is 2.16. The van der Waals surface area contributed by atoms with Crippen LogP contribution in [-0.2, 0) is 6.42 Å². The van der Waals surface area contributed by atoms with Gasteiger partial charge in [-0.3, -0.25) is 0 Å². The van der Waals surface area contributed by atoms with E-state index in [-0.39, 0.29) is 0 Å². The van der Waals surface area contributed by atoms with E-state index < -0.39 is 0 Å². The molecule has 0 saturated heterocycles. The zero-order valence-electron chi connectivity index (χ0n) is 8.37. The maximum Gasteiger partial charge on any atom is 0.0631 e. The highest BCUT2D eigenvalue weighted by atomic mass is 15.1. The Morgan fingerprint density at radius 2 is 2.00 bits per heavy atom. The van der Waals surface area contributed by atoms with E-state index in [2.05, 4.69) is 17.1 Å². The molecule has 0 aliphatic rings. The van der Waals surface area contributed by atoms with Crippen LogP contribution in [0.5, 0.6) is 0 Å². The topological polar surface area (TPSA) is 25.8 Å². The maximum absolute atomic E-state index is 4.05. The Bertz CT molecular complexity index is 209. The van der Waals surface area contributed by atoms with Gasteiger partial charge in [-0.2, -0.15) is 10.2 Å². The van der Waals surface area contributed by atoms with Crippen molar-refractivity contribution in [2.75, 3.05) is 0 Å². The largest absolute Gasteiger partial charge is 0.159 e. The molecule has 0 bridgehead atoms. The lowest BCUT2D eigenvalue weighted by atomic mass is 10.1. The van der Waals surface area contributed by atoms with Crippen LogP contribution in [0.3, 0.4) is 0 Å². The van der Waals surface area contributed by atoms with Gasteiger partial charge in [0.15, 0.2) is 0 Å². The Morgan fingerprint density at radius 3 is 2.69 bits per heavy atom. The number of rotatable bonds is 6. The Balaban J connectivity index is 2.07. The van der Waals surface area contributed by atoms with Crippen molar-refractivity contribution in [3.63, 3.8) is 0 Å². The van der Waals surface area contributed by atoms with E-state index >= 15 is 0 Å². The van der Waals surface area contributed by atoms with E-state index in [4.69, 9.17) is 0 Å². The van der Waals surface area contributed by atoms with Crippen molar-refractivity contribution in [3.8, 4) is 0 Å². The lowest BCUT2D eigenvalue weighted by molar-refractivity contribution is 0.625. The van der Waals surface area contributed by atoms with Crippen molar-refractivity contribution >= 4 is 0 Å². The molecule has 0 N–H and O–H groups in total. The summed E-state index contributed by atoms with van der Waals surface area (Å²) in [7, 11) is 0. The van der Waals surface area contributed by atoms with Crippen LogP contribution in [0.2, 0.25) is 0 Å². The molecule has 13 heavy (non-hydrogen) atoms. The monoisotopic (exact) mass is 178 g/mol. The molecule has 0 aliphatic heterocycles. The lowest BCUT2D eigenvalue weighted by Gasteiger charge is -1.98. The molecule has 72 valence electrons. The number of unbranched alkanes of at least 4 members (excludes halogenated alkanes) is 4. The van der Waals surface area contributed by atoms with Gasteiger partial charge in [-0.25, -0.2) is 0 Å². The molecular weight excluding hydrogens is 160 g/mol. The first kappa shape index (κ1) is 10.2. The zero-order valence-corrected chi connectivity index (χ0v) is 8.37. The number of hydrogen-bond donors (Lipinski definition) is 0. The van der Waals surface area contributed by atoms with Crippen LogP contribution >= 0.6 is 0 Å². The SMILES string of the molecule is CCCCCCCc1cccnn1. The Hall–Kier alpha value is -0.920. The Labute approximate surface area is 80.4 Å². The Kier molecular flexibility index (Phi) is 5.14. The average Bonchev–Trinajstić information content (AvgIpc) is 2.19. The molecule has 1 aromatic rings. The smallest absolute Gasteiger partial charge is 0.0631 e. The zero-order chi connectivity index (χ0) is 9.36. The van der Waals surface area contributed by atoms with Crippen molar-refractivity contribution in [1.29, 1.82) is 0 Å². The maximum atomic E-state index is 4.05. The summed E-state index contributed by atoms with van der Waals surface area (Å²) in [5, 5.41) is 7.90. The van der Waals surface area contributed by atoms with Crippen molar-refractivity contribution in [1.82, 2.24) is 10.2 Å². The van der Waals surface area contributed by atoms with Gasteiger partial charge in [0.05, 0.1) is 5.69 Å². The molecule has 0 amide bonds. The van der Waals surface area contributed by atoms with Gasteiger partial charge in [0.1, 0.15) is 0 Å². The van der Waals surface area contributed by atoms with Crippen molar-refractivity contribution in [3.05, 3.63) is 24.0 Å². The number of aryl methyl sites for hydroxylation is 1. The van der Waals surface area contributed by atoms with E-state index in [1.165, 1.54) is 32.1 Å². The van der Waals surface area contributed by atoms with Gasteiger partial charge < -0.3 is 0 Å². The van der Waals surface area contributed by atoms with Gasteiger partial charge in [0.2, 0.25) is 0 Å². The predicted molar refractivity (Wildman–Crippen MR) is 54.5 cm³/mol. The summed E-state index contributed by atoms with van der Waals surface area (Å²) in [6, 6.07) is 4.00. The molecule has 0 saturated carbocycles. The minimum atomic E-state index is 1.08. The second kappa shape index (κ2) is 6.58. The van der Waals surface area contributed by atoms with Crippen LogP contribution in [0.25, 0.3) is 0 Å². The first-order valence-corrected chi connectivity index (χ1v) is 5.20. The minimum absolute atomic E-state index is 1.08. The first-order chi connectivity index (χ1) is 6.43. The number of aromatic nitrogens is 2. The van der Waals surface area contributed by atoms with Crippen LogP contribution in [0.1, 0.15) is 44.7 Å². The molecule has 2 heteroatoms. The molecule has 0 unspecified atom stereocenters. The van der Waals surface area contributed by atoms with Gasteiger partial charge in [0, 0.05) is 6.20 Å². The lowest BCUT2D eigenvalue weighted by Crippen LogP contribution is -1.91. The highest BCUT2D eigenvalue weighted by Crippen LogP contribution is 2.05. The fraction of sp³-hybridized carbons (Fsp3) is 0.636. The minimum Gasteiger partial charge on any atom is -0.159 e. The summed E-state index contributed by atoms with van der Waals surface area (Å²) in [5.74, 6) is 0. The number of hydrogen-bond acceptors (Lipinski definition) is 2. The third kappa shape index (κ3) is 4.61. The van der Waals surface area contributed by atoms with Gasteiger partial charge in [0.25, 0.3) is 0 Å². The number of nitrogens with zero attached hydrogens (tertiary/aromatic N) is 2. The second-order valence-electron chi connectivity index (χ2n) is 3.38. The molecular formula is C11H18N2. The molecule has 0 atom stereocenters. The normalized spacial score (nSPS) is 10.2. The average molecular weight is 178 g/mol. The van der Waals surface area contributed by atoms with Crippen molar-refractivity contribution in [2.24, 2.45) is 0 Å². The van der Waals surface area contributed by atoms with E-state index in [9.17, 15) is 0 Å². The summed E-state index contributed by atoms with van der Waals surface area (Å²) < 4.78 is 0. The molecule has 0 fully saturated rings. The molecule has 1 rings (SSSR count). The highest BCUT2D eigenvalue weighted by molar-refractivity contribution is 4.98. The van der Waals surface area contributed by atoms with E-state index in [0.717, 1.165) is 12.1 Å². The Morgan fingerprint density at radius 1 is 1.15 bits per heavy atom. The third-order valence-corrected chi connectivity index (χ3v) is 2.16. The predicted octanol–water partition coefficient (Wildman–Crippen LogP) is 2.99. The first-order valence-electron chi connectivity index (χ1n) is 5.20. The van der Waals surface area contributed by atoms with E-state index in [0.29, 0.717) is 0 Å². The van der Waals surface area contributed by atoms with Crippen LogP contribution in [0, 0.1) is 0 Å². The molecule has 0 aliphatic carbocycles. The summed E-state index contributed by atoms with van der Waals surface area (Å²) in [5.41, 5.74) is 1.12. The second-order valence-corrected chi connectivity index (χ2v) is 3.38. The molecule has 1 aromatic heterocycles. The van der Waals surface area contributed by atoms with E-state index in [1.54, 1.807) is 6.20 Å². The van der Waals surface area contributed by atoms with Gasteiger partial charge in [-0.1, -0.05) is 32.6 Å². The van der Waals surface area contributed by atoms with Crippen LogP contribution < -0.4 is 0 Å². The van der Waals surface area contributed by atoms with Crippen molar-refractivity contribution in [2.45, 2.75) is 45.4 Å².